The summed E-state index contributed by atoms with van der Waals surface area (Å²) in [7, 11) is 1.80. The summed E-state index contributed by atoms with van der Waals surface area (Å²) in [5.74, 6) is 0.783. The van der Waals surface area contributed by atoms with Gasteiger partial charge in [0.2, 0.25) is 0 Å². The average molecular weight is 341 g/mol. The van der Waals surface area contributed by atoms with Gasteiger partial charge in [0.15, 0.2) is 0 Å². The third-order valence-electron chi connectivity index (χ3n) is 6.41. The van der Waals surface area contributed by atoms with Crippen molar-refractivity contribution in [2.75, 3.05) is 26.8 Å². The number of H-pyrrole nitrogens is 1. The molecule has 0 spiro atoms. The molecule has 4 rings (SSSR count). The average Bonchev–Trinajstić information content (AvgIpc) is 3.28. The van der Waals surface area contributed by atoms with Crippen LogP contribution in [0, 0.1) is 0 Å². The van der Waals surface area contributed by atoms with Crippen LogP contribution in [-0.4, -0.2) is 42.7 Å². The Morgan fingerprint density at radius 1 is 1.12 bits per heavy atom. The van der Waals surface area contributed by atoms with E-state index in [1.807, 2.05) is 0 Å². The van der Waals surface area contributed by atoms with E-state index in [4.69, 9.17) is 4.74 Å². The molecule has 2 heterocycles. The quantitative estimate of drug-likeness (QED) is 0.812. The molecular formula is C22H32N2O. The molecule has 1 atom stereocenters. The van der Waals surface area contributed by atoms with Crippen molar-refractivity contribution in [2.45, 2.75) is 63.3 Å². The summed E-state index contributed by atoms with van der Waals surface area (Å²) in [6.07, 6.45) is 13.0. The molecule has 2 aliphatic rings. The number of hydrogen-bond donors (Lipinski definition) is 1. The van der Waals surface area contributed by atoms with Crippen molar-refractivity contribution in [1.29, 1.82) is 0 Å². The summed E-state index contributed by atoms with van der Waals surface area (Å²) < 4.78 is 5.29. The maximum atomic E-state index is 5.29. The molecule has 0 amide bonds. The molecule has 2 aromatic rings. The number of methoxy groups -OCH3 is 1. The first-order valence-electron chi connectivity index (χ1n) is 10.2. The maximum Gasteiger partial charge on any atom is 0.0589 e. The molecule has 3 nitrogen and oxygen atoms in total. The van der Waals surface area contributed by atoms with Gasteiger partial charge in [-0.05, 0) is 67.8 Å². The molecule has 1 aromatic carbocycles. The second-order valence-electron chi connectivity index (χ2n) is 7.98. The Hall–Kier alpha value is -1.32. The minimum atomic E-state index is 0.674. The zero-order chi connectivity index (χ0) is 17.1. The summed E-state index contributed by atoms with van der Waals surface area (Å²) >= 11 is 0. The number of ether oxygens (including phenoxy) is 1. The molecule has 1 saturated heterocycles. The summed E-state index contributed by atoms with van der Waals surface area (Å²) in [6.45, 7) is 3.14. The highest BCUT2D eigenvalue weighted by Gasteiger charge is 2.25. The van der Waals surface area contributed by atoms with Crippen molar-refractivity contribution in [2.24, 2.45) is 0 Å². The number of rotatable bonds is 6. The molecular weight excluding hydrogens is 308 g/mol. The van der Waals surface area contributed by atoms with Gasteiger partial charge < -0.3 is 9.72 Å². The summed E-state index contributed by atoms with van der Waals surface area (Å²) in [6, 6.07) is 7.83. The van der Waals surface area contributed by atoms with Gasteiger partial charge in [-0.1, -0.05) is 25.3 Å². The van der Waals surface area contributed by atoms with E-state index in [2.05, 4.69) is 34.3 Å². The molecule has 1 aliphatic heterocycles. The van der Waals surface area contributed by atoms with Gasteiger partial charge in [-0.25, -0.2) is 0 Å². The second-order valence-corrected chi connectivity index (χ2v) is 7.98. The number of aromatic amines is 1. The highest BCUT2D eigenvalue weighted by atomic mass is 16.5. The van der Waals surface area contributed by atoms with E-state index in [0.717, 1.165) is 25.5 Å². The topological polar surface area (TPSA) is 28.3 Å². The van der Waals surface area contributed by atoms with Crippen molar-refractivity contribution in [3.8, 4) is 0 Å². The largest absolute Gasteiger partial charge is 0.383 e. The predicted octanol–water partition coefficient (Wildman–Crippen LogP) is 4.87. The summed E-state index contributed by atoms with van der Waals surface area (Å²) in [5, 5.41) is 1.46. The lowest BCUT2D eigenvalue weighted by atomic mass is 9.83. The van der Waals surface area contributed by atoms with E-state index in [-0.39, 0.29) is 0 Å². The smallest absolute Gasteiger partial charge is 0.0589 e. The van der Waals surface area contributed by atoms with Gasteiger partial charge in [0.05, 0.1) is 6.61 Å². The van der Waals surface area contributed by atoms with Crippen LogP contribution >= 0.6 is 0 Å². The standard InChI is InChI=1S/C22H32N2O/c1-25-13-12-24-11-5-8-20(24)14-19-16-23-22-10-9-18(15-21(19)22)17-6-3-2-4-7-17/h9-10,15-17,20,23H,2-8,11-14H2,1H3/t20-/m1/s1. The van der Waals surface area contributed by atoms with Gasteiger partial charge in [-0.15, -0.1) is 0 Å². The first-order chi connectivity index (χ1) is 12.3. The van der Waals surface area contributed by atoms with E-state index < -0.39 is 0 Å². The predicted molar refractivity (Wildman–Crippen MR) is 104 cm³/mol. The van der Waals surface area contributed by atoms with Crippen LogP contribution in [0.1, 0.15) is 62.0 Å². The molecule has 1 aromatic heterocycles. The first-order valence-corrected chi connectivity index (χ1v) is 10.2. The minimum Gasteiger partial charge on any atom is -0.383 e. The van der Waals surface area contributed by atoms with Crippen LogP contribution in [-0.2, 0) is 11.2 Å². The molecule has 1 aliphatic carbocycles. The van der Waals surface area contributed by atoms with Crippen LogP contribution in [0.2, 0.25) is 0 Å². The molecule has 1 N–H and O–H groups in total. The van der Waals surface area contributed by atoms with Crippen LogP contribution in [0.25, 0.3) is 10.9 Å². The molecule has 0 radical (unpaired) electrons. The first kappa shape index (κ1) is 17.1. The Morgan fingerprint density at radius 2 is 2.00 bits per heavy atom. The Bertz CT molecular complexity index is 686. The van der Waals surface area contributed by atoms with Gasteiger partial charge in [-0.2, -0.15) is 0 Å². The van der Waals surface area contributed by atoms with Crippen LogP contribution < -0.4 is 0 Å². The van der Waals surface area contributed by atoms with Gasteiger partial charge in [-0.3, -0.25) is 4.90 Å². The molecule has 0 unspecified atom stereocenters. The zero-order valence-corrected chi connectivity index (χ0v) is 15.6. The third kappa shape index (κ3) is 3.78. The number of hydrogen-bond acceptors (Lipinski definition) is 2. The Balaban J connectivity index is 1.53. The fourth-order valence-electron chi connectivity index (χ4n) is 4.94. The lowest BCUT2D eigenvalue weighted by Gasteiger charge is -2.24. The van der Waals surface area contributed by atoms with Crippen LogP contribution in [0.3, 0.4) is 0 Å². The molecule has 3 heteroatoms. The maximum absolute atomic E-state index is 5.29. The van der Waals surface area contributed by atoms with Crippen LogP contribution in [0.5, 0.6) is 0 Å². The normalized spacial score (nSPS) is 22.8. The SMILES string of the molecule is COCCN1CCC[C@@H]1Cc1c[nH]c2ccc(C3CCCCC3)cc12. The number of fused-ring (bicyclic) bond motifs is 1. The van der Waals surface area contributed by atoms with E-state index in [0.29, 0.717) is 6.04 Å². The van der Waals surface area contributed by atoms with Crippen molar-refractivity contribution in [3.05, 3.63) is 35.5 Å². The Kier molecular flexibility index (Phi) is 5.42. The van der Waals surface area contributed by atoms with E-state index in [1.165, 1.54) is 68.0 Å². The third-order valence-corrected chi connectivity index (χ3v) is 6.41. The minimum absolute atomic E-state index is 0.674. The number of nitrogens with one attached hydrogen (secondary N) is 1. The Morgan fingerprint density at radius 3 is 2.84 bits per heavy atom. The van der Waals surface area contributed by atoms with Crippen molar-refractivity contribution in [1.82, 2.24) is 9.88 Å². The lowest BCUT2D eigenvalue weighted by Crippen LogP contribution is -2.33. The fourth-order valence-corrected chi connectivity index (χ4v) is 4.94. The number of likely N-dealkylation sites (tertiary alicyclic amines) is 1. The summed E-state index contributed by atoms with van der Waals surface area (Å²) in [4.78, 5) is 6.13. The van der Waals surface area contributed by atoms with E-state index >= 15 is 0 Å². The van der Waals surface area contributed by atoms with Gasteiger partial charge in [0, 0.05) is 36.8 Å². The second kappa shape index (κ2) is 7.92. The number of nitrogens with zero attached hydrogens (tertiary/aromatic N) is 1. The van der Waals surface area contributed by atoms with Gasteiger partial charge in [0.1, 0.15) is 0 Å². The van der Waals surface area contributed by atoms with Gasteiger partial charge >= 0.3 is 0 Å². The Labute approximate surface area is 151 Å². The number of aromatic nitrogens is 1. The lowest BCUT2D eigenvalue weighted by molar-refractivity contribution is 0.141. The molecule has 25 heavy (non-hydrogen) atoms. The summed E-state index contributed by atoms with van der Waals surface area (Å²) in [5.41, 5.74) is 4.37. The molecule has 136 valence electrons. The van der Waals surface area contributed by atoms with E-state index in [9.17, 15) is 0 Å². The monoisotopic (exact) mass is 340 g/mol. The number of benzene rings is 1. The molecule has 0 bridgehead atoms. The molecule has 2 fully saturated rings. The van der Waals surface area contributed by atoms with E-state index in [1.54, 1.807) is 12.7 Å². The van der Waals surface area contributed by atoms with Crippen molar-refractivity contribution >= 4 is 10.9 Å². The highest BCUT2D eigenvalue weighted by molar-refractivity contribution is 5.84. The fraction of sp³-hybridized carbons (Fsp3) is 0.636. The van der Waals surface area contributed by atoms with Crippen molar-refractivity contribution in [3.63, 3.8) is 0 Å². The zero-order valence-electron chi connectivity index (χ0n) is 15.6. The highest BCUT2D eigenvalue weighted by Crippen LogP contribution is 2.35. The van der Waals surface area contributed by atoms with Crippen LogP contribution in [0.4, 0.5) is 0 Å². The van der Waals surface area contributed by atoms with Crippen molar-refractivity contribution < 1.29 is 4.74 Å². The molecule has 1 saturated carbocycles. The van der Waals surface area contributed by atoms with Crippen LogP contribution in [0.15, 0.2) is 24.4 Å². The van der Waals surface area contributed by atoms with Gasteiger partial charge in [0.25, 0.3) is 0 Å².